The summed E-state index contributed by atoms with van der Waals surface area (Å²) in [5, 5.41) is 9.11. The summed E-state index contributed by atoms with van der Waals surface area (Å²) in [7, 11) is 0. The first-order valence-corrected chi connectivity index (χ1v) is 12.6. The summed E-state index contributed by atoms with van der Waals surface area (Å²) in [6, 6.07) is 21.0. The van der Waals surface area contributed by atoms with Crippen LogP contribution >= 0.6 is 11.8 Å². The standard InChI is InChI=1S/C28H24F2N2O2S/c29-26-11-10-25(15-27(26)30)35-17-18-4-6-20(7-5-18)28(33)32-21-8-9-22(32)14-24(13-21)34-23-3-1-2-19(12-23)16-31/h1-7,10-12,15,21-22,24H,8-9,13-14,17H2/t21-,22+,24?. The normalized spacial score (nSPS) is 20.9. The molecule has 2 heterocycles. The van der Waals surface area contributed by atoms with Crippen molar-refractivity contribution in [2.24, 2.45) is 0 Å². The molecule has 0 saturated carbocycles. The van der Waals surface area contributed by atoms with Crippen LogP contribution in [-0.4, -0.2) is 29.0 Å². The first-order valence-electron chi connectivity index (χ1n) is 11.7. The molecule has 4 nitrogen and oxygen atoms in total. The second kappa shape index (κ2) is 10.1. The van der Waals surface area contributed by atoms with Gasteiger partial charge in [0.2, 0.25) is 0 Å². The zero-order chi connectivity index (χ0) is 24.4. The molecule has 3 aromatic carbocycles. The summed E-state index contributed by atoms with van der Waals surface area (Å²) in [5.74, 6) is -0.363. The van der Waals surface area contributed by atoms with Gasteiger partial charge < -0.3 is 9.64 Å². The quantitative estimate of drug-likeness (QED) is 0.378. The van der Waals surface area contributed by atoms with Gasteiger partial charge in [0.25, 0.3) is 5.91 Å². The number of nitriles is 1. The highest BCUT2D eigenvalue weighted by atomic mass is 32.2. The van der Waals surface area contributed by atoms with Gasteiger partial charge in [-0.1, -0.05) is 18.2 Å². The Labute approximate surface area is 207 Å². The maximum absolute atomic E-state index is 13.4. The minimum atomic E-state index is -0.852. The number of fused-ring (bicyclic) bond motifs is 2. The molecule has 0 aromatic heterocycles. The molecule has 0 spiro atoms. The SMILES string of the molecule is N#Cc1cccc(OC2C[C@H]3CC[C@@H](C2)N3C(=O)c2ccc(CSc3ccc(F)c(F)c3)cc2)c1. The number of nitrogens with zero attached hydrogens (tertiary/aromatic N) is 2. The molecule has 0 aliphatic carbocycles. The maximum Gasteiger partial charge on any atom is 0.254 e. The summed E-state index contributed by atoms with van der Waals surface area (Å²) in [5.41, 5.74) is 2.24. The number of ether oxygens (including phenoxy) is 1. The number of carbonyl (C=O) groups is 1. The molecular formula is C28H24F2N2O2S. The van der Waals surface area contributed by atoms with E-state index in [4.69, 9.17) is 10.00 Å². The van der Waals surface area contributed by atoms with Crippen molar-refractivity contribution in [1.82, 2.24) is 4.90 Å². The number of rotatable bonds is 6. The van der Waals surface area contributed by atoms with Crippen LogP contribution in [0.25, 0.3) is 0 Å². The minimum absolute atomic E-state index is 0.0289. The third-order valence-electron chi connectivity index (χ3n) is 6.69. The number of piperidine rings is 1. The zero-order valence-corrected chi connectivity index (χ0v) is 19.8. The van der Waals surface area contributed by atoms with E-state index >= 15 is 0 Å². The Balaban J connectivity index is 1.19. The van der Waals surface area contributed by atoms with Crippen molar-refractivity contribution in [3.05, 3.63) is 95.1 Å². The van der Waals surface area contributed by atoms with Crippen LogP contribution in [0.15, 0.2) is 71.6 Å². The average molecular weight is 491 g/mol. The van der Waals surface area contributed by atoms with Gasteiger partial charge in [0.05, 0.1) is 11.6 Å². The van der Waals surface area contributed by atoms with Crippen molar-refractivity contribution in [1.29, 1.82) is 5.26 Å². The van der Waals surface area contributed by atoms with Crippen LogP contribution in [0.4, 0.5) is 8.78 Å². The molecule has 3 atom stereocenters. The van der Waals surface area contributed by atoms with Crippen molar-refractivity contribution in [3.8, 4) is 11.8 Å². The smallest absolute Gasteiger partial charge is 0.254 e. The molecule has 0 N–H and O–H groups in total. The van der Waals surface area contributed by atoms with Gasteiger partial charge in [-0.25, -0.2) is 8.78 Å². The molecule has 2 fully saturated rings. The van der Waals surface area contributed by atoms with Gasteiger partial charge in [-0.2, -0.15) is 5.26 Å². The lowest BCUT2D eigenvalue weighted by Crippen LogP contribution is -2.49. The van der Waals surface area contributed by atoms with E-state index in [0.717, 1.165) is 37.3 Å². The molecular weight excluding hydrogens is 466 g/mol. The summed E-state index contributed by atoms with van der Waals surface area (Å²) in [6.07, 6.45) is 3.53. The number of carbonyl (C=O) groups excluding carboxylic acids is 1. The van der Waals surface area contributed by atoms with Crippen LogP contribution in [0.1, 0.15) is 47.2 Å². The lowest BCUT2D eigenvalue weighted by atomic mass is 9.98. The van der Waals surface area contributed by atoms with E-state index in [0.29, 0.717) is 27.5 Å². The fraction of sp³-hybridized carbons (Fsp3) is 0.286. The predicted octanol–water partition coefficient (Wildman–Crippen LogP) is 6.34. The number of hydrogen-bond acceptors (Lipinski definition) is 4. The van der Waals surface area contributed by atoms with Crippen LogP contribution in [0.5, 0.6) is 5.75 Å². The summed E-state index contributed by atoms with van der Waals surface area (Å²) >= 11 is 1.42. The van der Waals surface area contributed by atoms with Gasteiger partial charge >= 0.3 is 0 Å². The zero-order valence-electron chi connectivity index (χ0n) is 19.0. The molecule has 3 aromatic rings. The summed E-state index contributed by atoms with van der Waals surface area (Å²) in [6.45, 7) is 0. The van der Waals surface area contributed by atoms with E-state index in [9.17, 15) is 13.6 Å². The highest BCUT2D eigenvalue weighted by molar-refractivity contribution is 7.98. The topological polar surface area (TPSA) is 53.3 Å². The Kier molecular flexibility index (Phi) is 6.74. The highest BCUT2D eigenvalue weighted by Gasteiger charge is 2.44. The highest BCUT2D eigenvalue weighted by Crippen LogP contribution is 2.38. The van der Waals surface area contributed by atoms with Gasteiger partial charge in [-0.15, -0.1) is 11.8 Å². The predicted molar refractivity (Wildman–Crippen MR) is 130 cm³/mol. The Morgan fingerprint density at radius 3 is 2.43 bits per heavy atom. The van der Waals surface area contributed by atoms with E-state index in [1.807, 2.05) is 41.3 Å². The van der Waals surface area contributed by atoms with Gasteiger partial charge in [-0.3, -0.25) is 4.79 Å². The van der Waals surface area contributed by atoms with Crippen LogP contribution in [0.2, 0.25) is 0 Å². The maximum atomic E-state index is 13.4. The first-order chi connectivity index (χ1) is 17.0. The van der Waals surface area contributed by atoms with E-state index in [-0.39, 0.29) is 24.1 Å². The minimum Gasteiger partial charge on any atom is -0.490 e. The molecule has 2 aliphatic rings. The molecule has 2 saturated heterocycles. The summed E-state index contributed by atoms with van der Waals surface area (Å²) in [4.78, 5) is 16.0. The average Bonchev–Trinajstić information content (AvgIpc) is 3.14. The molecule has 35 heavy (non-hydrogen) atoms. The molecule has 2 bridgehead atoms. The van der Waals surface area contributed by atoms with Crippen molar-refractivity contribution in [2.75, 3.05) is 0 Å². The van der Waals surface area contributed by atoms with Crippen molar-refractivity contribution in [3.63, 3.8) is 0 Å². The monoisotopic (exact) mass is 490 g/mol. The fourth-order valence-corrected chi connectivity index (χ4v) is 5.89. The van der Waals surface area contributed by atoms with E-state index < -0.39 is 11.6 Å². The fourth-order valence-electron chi connectivity index (χ4n) is 5.01. The second-order valence-electron chi connectivity index (χ2n) is 9.01. The van der Waals surface area contributed by atoms with Gasteiger partial charge in [0, 0.05) is 41.1 Å². The molecule has 178 valence electrons. The van der Waals surface area contributed by atoms with Crippen LogP contribution in [-0.2, 0) is 5.75 Å². The van der Waals surface area contributed by atoms with Crippen LogP contribution in [0, 0.1) is 23.0 Å². The van der Waals surface area contributed by atoms with E-state index in [2.05, 4.69) is 6.07 Å². The molecule has 1 amide bonds. The lowest BCUT2D eigenvalue weighted by Gasteiger charge is -2.39. The number of halogens is 2. The van der Waals surface area contributed by atoms with Gasteiger partial charge in [0.1, 0.15) is 11.9 Å². The third-order valence-corrected chi connectivity index (χ3v) is 7.75. The van der Waals surface area contributed by atoms with Crippen molar-refractivity contribution in [2.45, 2.75) is 54.5 Å². The van der Waals surface area contributed by atoms with Gasteiger partial charge in [0.15, 0.2) is 11.6 Å². The van der Waals surface area contributed by atoms with Crippen LogP contribution in [0.3, 0.4) is 0 Å². The Morgan fingerprint density at radius 2 is 1.74 bits per heavy atom. The Morgan fingerprint density at radius 1 is 1.00 bits per heavy atom. The molecule has 1 unspecified atom stereocenters. The first kappa shape index (κ1) is 23.4. The third kappa shape index (κ3) is 5.18. The van der Waals surface area contributed by atoms with Crippen molar-refractivity contribution >= 4 is 17.7 Å². The molecule has 2 aliphatic heterocycles. The second-order valence-corrected chi connectivity index (χ2v) is 10.1. The number of thioether (sulfide) groups is 1. The Hall–Kier alpha value is -3.37. The Bertz CT molecular complexity index is 1260. The lowest BCUT2D eigenvalue weighted by molar-refractivity contribution is 0.0359. The van der Waals surface area contributed by atoms with Crippen molar-refractivity contribution < 1.29 is 18.3 Å². The molecule has 5 rings (SSSR count). The molecule has 7 heteroatoms. The van der Waals surface area contributed by atoms with E-state index in [1.54, 1.807) is 18.2 Å². The number of amides is 1. The van der Waals surface area contributed by atoms with Gasteiger partial charge in [-0.05, 0) is 66.9 Å². The summed E-state index contributed by atoms with van der Waals surface area (Å²) < 4.78 is 32.7. The largest absolute Gasteiger partial charge is 0.490 e. The number of benzene rings is 3. The molecule has 0 radical (unpaired) electrons. The van der Waals surface area contributed by atoms with E-state index in [1.165, 1.54) is 17.8 Å². The number of hydrogen-bond donors (Lipinski definition) is 0. The van der Waals surface area contributed by atoms with Crippen LogP contribution < -0.4 is 4.74 Å².